The molecular formula is C10H11ClN2O2S3. The second-order valence-corrected chi connectivity index (χ2v) is 8.77. The fourth-order valence-electron chi connectivity index (χ4n) is 1.39. The lowest BCUT2D eigenvalue weighted by molar-refractivity contribution is 0.603. The van der Waals surface area contributed by atoms with Gasteiger partial charge in [0.05, 0.1) is 5.75 Å². The first-order valence-corrected chi connectivity index (χ1v) is 9.33. The summed E-state index contributed by atoms with van der Waals surface area (Å²) in [5.41, 5.74) is 0. The van der Waals surface area contributed by atoms with Crippen molar-refractivity contribution in [1.29, 1.82) is 0 Å². The quantitative estimate of drug-likeness (QED) is 0.492. The van der Waals surface area contributed by atoms with Crippen LogP contribution in [-0.4, -0.2) is 36.1 Å². The van der Waals surface area contributed by atoms with E-state index in [2.05, 4.69) is 9.97 Å². The van der Waals surface area contributed by atoms with Crippen molar-refractivity contribution in [1.82, 2.24) is 9.97 Å². The van der Waals surface area contributed by atoms with Crippen LogP contribution in [0, 0.1) is 6.92 Å². The summed E-state index contributed by atoms with van der Waals surface area (Å²) in [4.78, 5) is 10.3. The average molecular weight is 323 g/mol. The Hall–Kier alpha value is -0.370. The summed E-state index contributed by atoms with van der Waals surface area (Å²) in [6, 6.07) is 2.00. The number of fused-ring (bicyclic) bond motifs is 1. The van der Waals surface area contributed by atoms with Crippen LogP contribution < -0.4 is 0 Å². The van der Waals surface area contributed by atoms with E-state index in [9.17, 15) is 8.42 Å². The molecule has 0 saturated heterocycles. The average Bonchev–Trinajstić information content (AvgIpc) is 2.56. The van der Waals surface area contributed by atoms with Gasteiger partial charge in [-0.1, -0.05) is 0 Å². The van der Waals surface area contributed by atoms with Gasteiger partial charge in [-0.25, -0.2) is 18.4 Å². The number of rotatable bonds is 4. The van der Waals surface area contributed by atoms with Crippen LogP contribution in [0.25, 0.3) is 10.2 Å². The number of thiophene rings is 1. The molecule has 0 aromatic carbocycles. The highest BCUT2D eigenvalue weighted by atomic mass is 35.5. The maximum absolute atomic E-state index is 11.1. The third-order valence-corrected chi connectivity index (χ3v) is 5.46. The van der Waals surface area contributed by atoms with E-state index in [-0.39, 0.29) is 11.0 Å². The molecule has 0 aliphatic carbocycles. The third kappa shape index (κ3) is 3.57. The predicted octanol–water partition coefficient (Wildman–Crippen LogP) is 2.79. The lowest BCUT2D eigenvalue weighted by atomic mass is 10.4. The summed E-state index contributed by atoms with van der Waals surface area (Å²) in [5, 5.41) is 1.89. The largest absolute Gasteiger partial charge is 0.229 e. The molecule has 18 heavy (non-hydrogen) atoms. The van der Waals surface area contributed by atoms with Crippen molar-refractivity contribution in [2.45, 2.75) is 11.9 Å². The molecule has 0 aliphatic heterocycles. The molecule has 2 rings (SSSR count). The lowest BCUT2D eigenvalue weighted by Crippen LogP contribution is -2.05. The van der Waals surface area contributed by atoms with Gasteiger partial charge in [0.2, 0.25) is 5.28 Å². The Morgan fingerprint density at radius 1 is 1.44 bits per heavy atom. The predicted molar refractivity (Wildman–Crippen MR) is 77.6 cm³/mol. The van der Waals surface area contributed by atoms with Crippen molar-refractivity contribution < 1.29 is 8.42 Å². The van der Waals surface area contributed by atoms with E-state index in [0.29, 0.717) is 5.75 Å². The normalized spacial score (nSPS) is 12.2. The van der Waals surface area contributed by atoms with Crippen molar-refractivity contribution in [2.24, 2.45) is 0 Å². The molecule has 0 aliphatic rings. The van der Waals surface area contributed by atoms with E-state index in [1.807, 2.05) is 13.0 Å². The van der Waals surface area contributed by atoms with Crippen molar-refractivity contribution >= 4 is 54.8 Å². The van der Waals surface area contributed by atoms with Gasteiger partial charge in [-0.2, -0.15) is 0 Å². The van der Waals surface area contributed by atoms with Crippen LogP contribution in [0.1, 0.15) is 4.88 Å². The monoisotopic (exact) mass is 322 g/mol. The van der Waals surface area contributed by atoms with Gasteiger partial charge >= 0.3 is 0 Å². The molecule has 0 saturated carbocycles. The number of nitrogens with zero attached hydrogens (tertiary/aromatic N) is 2. The number of hydrogen-bond donors (Lipinski definition) is 0. The summed E-state index contributed by atoms with van der Waals surface area (Å²) in [6.45, 7) is 1.99. The minimum Gasteiger partial charge on any atom is -0.229 e. The standard InChI is InChI=1S/C10H11ClN2O2S3/c1-6-5-7-8(16-3-4-18(2,14)15)12-10(11)13-9(7)17-6/h5H,3-4H2,1-2H3. The Kier molecular flexibility index (Phi) is 4.15. The van der Waals surface area contributed by atoms with Crippen LogP contribution in [0.5, 0.6) is 0 Å². The van der Waals surface area contributed by atoms with Gasteiger partial charge in [0.15, 0.2) is 0 Å². The number of aryl methyl sites for hydroxylation is 1. The Morgan fingerprint density at radius 3 is 2.83 bits per heavy atom. The summed E-state index contributed by atoms with van der Waals surface area (Å²) < 4.78 is 22.2. The molecule has 0 atom stereocenters. The first kappa shape index (κ1) is 14.0. The van der Waals surface area contributed by atoms with E-state index in [4.69, 9.17) is 11.6 Å². The van der Waals surface area contributed by atoms with Crippen LogP contribution >= 0.6 is 34.7 Å². The van der Waals surface area contributed by atoms with Gasteiger partial charge in [-0.15, -0.1) is 23.1 Å². The summed E-state index contributed by atoms with van der Waals surface area (Å²) in [6.07, 6.45) is 1.23. The summed E-state index contributed by atoms with van der Waals surface area (Å²) in [7, 11) is -2.95. The molecule has 8 heteroatoms. The van der Waals surface area contributed by atoms with Gasteiger partial charge in [0, 0.05) is 22.3 Å². The smallest absolute Gasteiger partial charge is 0.224 e. The van der Waals surface area contributed by atoms with E-state index in [1.165, 1.54) is 18.0 Å². The van der Waals surface area contributed by atoms with Crippen molar-refractivity contribution in [3.05, 3.63) is 16.2 Å². The van der Waals surface area contributed by atoms with E-state index in [0.717, 1.165) is 20.1 Å². The molecular weight excluding hydrogens is 312 g/mol. The molecule has 2 aromatic rings. The highest BCUT2D eigenvalue weighted by Crippen LogP contribution is 2.31. The first-order chi connectivity index (χ1) is 8.35. The molecule has 98 valence electrons. The van der Waals surface area contributed by atoms with E-state index >= 15 is 0 Å². The summed E-state index contributed by atoms with van der Waals surface area (Å²) >= 11 is 8.80. The number of thioether (sulfide) groups is 1. The molecule has 0 bridgehead atoms. The minimum absolute atomic E-state index is 0.129. The van der Waals surface area contributed by atoms with Gasteiger partial charge in [0.1, 0.15) is 19.7 Å². The second kappa shape index (κ2) is 5.32. The number of sulfone groups is 1. The fourth-order valence-corrected chi connectivity index (χ4v) is 4.80. The van der Waals surface area contributed by atoms with Gasteiger partial charge in [0.25, 0.3) is 0 Å². The SMILES string of the molecule is Cc1cc2c(SCCS(C)(=O)=O)nc(Cl)nc2s1. The number of aromatic nitrogens is 2. The Labute approximate surface area is 119 Å². The maximum Gasteiger partial charge on any atom is 0.224 e. The zero-order valence-corrected chi connectivity index (χ0v) is 13.0. The molecule has 0 fully saturated rings. The fraction of sp³-hybridized carbons (Fsp3) is 0.400. The zero-order valence-electron chi connectivity index (χ0n) is 9.81. The van der Waals surface area contributed by atoms with Crippen LogP contribution in [-0.2, 0) is 9.84 Å². The highest BCUT2D eigenvalue weighted by Gasteiger charge is 2.11. The Morgan fingerprint density at radius 2 is 2.17 bits per heavy atom. The minimum atomic E-state index is -2.95. The van der Waals surface area contributed by atoms with Crippen LogP contribution in [0.3, 0.4) is 0 Å². The highest BCUT2D eigenvalue weighted by molar-refractivity contribution is 8.00. The van der Waals surface area contributed by atoms with Gasteiger partial charge in [-0.05, 0) is 24.6 Å². The Bertz CT molecular complexity index is 682. The molecule has 2 heterocycles. The second-order valence-electron chi connectivity index (χ2n) is 3.85. The number of halogens is 1. The molecule has 0 radical (unpaired) electrons. The van der Waals surface area contributed by atoms with Crippen molar-refractivity contribution in [3.8, 4) is 0 Å². The van der Waals surface area contributed by atoms with Crippen LogP contribution in [0.2, 0.25) is 5.28 Å². The van der Waals surface area contributed by atoms with Crippen molar-refractivity contribution in [2.75, 3.05) is 17.8 Å². The summed E-state index contributed by atoms with van der Waals surface area (Å²) in [5.74, 6) is 0.597. The Balaban J connectivity index is 2.26. The van der Waals surface area contributed by atoms with Crippen molar-refractivity contribution in [3.63, 3.8) is 0 Å². The first-order valence-electron chi connectivity index (χ1n) is 5.09. The topological polar surface area (TPSA) is 59.9 Å². The molecule has 0 unspecified atom stereocenters. The molecule has 0 N–H and O–H groups in total. The lowest BCUT2D eigenvalue weighted by Gasteiger charge is -2.02. The molecule has 0 spiro atoms. The van der Waals surface area contributed by atoms with E-state index < -0.39 is 9.84 Å². The number of hydrogen-bond acceptors (Lipinski definition) is 6. The van der Waals surface area contributed by atoms with Crippen LogP contribution in [0.4, 0.5) is 0 Å². The molecule has 0 amide bonds. The van der Waals surface area contributed by atoms with Gasteiger partial charge in [-0.3, -0.25) is 0 Å². The van der Waals surface area contributed by atoms with Gasteiger partial charge < -0.3 is 0 Å². The molecule has 4 nitrogen and oxygen atoms in total. The third-order valence-electron chi connectivity index (χ3n) is 2.15. The van der Waals surface area contributed by atoms with E-state index in [1.54, 1.807) is 11.3 Å². The van der Waals surface area contributed by atoms with Crippen LogP contribution in [0.15, 0.2) is 11.1 Å². The zero-order chi connectivity index (χ0) is 13.3. The maximum atomic E-state index is 11.1. The molecule has 2 aromatic heterocycles.